The Hall–Kier alpha value is -2.08. The molecule has 0 radical (unpaired) electrons. The summed E-state index contributed by atoms with van der Waals surface area (Å²) >= 11 is 3.31. The average Bonchev–Trinajstić information content (AvgIpc) is 2.42. The van der Waals surface area contributed by atoms with Crippen molar-refractivity contribution < 1.29 is 9.53 Å². The van der Waals surface area contributed by atoms with Gasteiger partial charge in [-0.3, -0.25) is 4.79 Å². The fourth-order valence-corrected chi connectivity index (χ4v) is 2.15. The SMILES string of the molecule is COc1cc(C(=O)Nc2ncc(N)cc2Br)ccc1C. The van der Waals surface area contributed by atoms with Crippen LogP contribution in [0.5, 0.6) is 5.75 Å². The summed E-state index contributed by atoms with van der Waals surface area (Å²) in [5.41, 5.74) is 7.59. The van der Waals surface area contributed by atoms with Gasteiger partial charge in [0.05, 0.1) is 23.5 Å². The number of amides is 1. The zero-order valence-electron chi connectivity index (χ0n) is 11.1. The first-order valence-electron chi connectivity index (χ1n) is 5.88. The Kier molecular flexibility index (Phi) is 4.24. The van der Waals surface area contributed by atoms with Gasteiger partial charge >= 0.3 is 0 Å². The number of aromatic nitrogens is 1. The Morgan fingerprint density at radius 2 is 2.15 bits per heavy atom. The zero-order chi connectivity index (χ0) is 14.7. The molecule has 5 nitrogen and oxygen atoms in total. The van der Waals surface area contributed by atoms with Crippen LogP contribution in [0.2, 0.25) is 0 Å². The van der Waals surface area contributed by atoms with Crippen LogP contribution in [-0.2, 0) is 0 Å². The molecule has 3 N–H and O–H groups in total. The number of aryl methyl sites for hydroxylation is 1. The van der Waals surface area contributed by atoms with Gasteiger partial charge in [-0.25, -0.2) is 4.98 Å². The van der Waals surface area contributed by atoms with Gasteiger partial charge in [0.2, 0.25) is 0 Å². The number of carbonyl (C=O) groups is 1. The Balaban J connectivity index is 2.24. The summed E-state index contributed by atoms with van der Waals surface area (Å²) in [4.78, 5) is 16.2. The maximum absolute atomic E-state index is 12.2. The lowest BCUT2D eigenvalue weighted by atomic mass is 10.1. The van der Waals surface area contributed by atoms with E-state index < -0.39 is 0 Å². The van der Waals surface area contributed by atoms with E-state index in [0.29, 0.717) is 27.3 Å². The molecule has 104 valence electrons. The molecule has 6 heteroatoms. The van der Waals surface area contributed by atoms with Gasteiger partial charge in [0, 0.05) is 5.56 Å². The van der Waals surface area contributed by atoms with Crippen molar-refractivity contribution >= 4 is 33.3 Å². The number of halogens is 1. The highest BCUT2D eigenvalue weighted by atomic mass is 79.9. The molecule has 0 aliphatic rings. The minimum atomic E-state index is -0.263. The lowest BCUT2D eigenvalue weighted by Gasteiger charge is -2.09. The topological polar surface area (TPSA) is 77.2 Å². The predicted molar refractivity (Wildman–Crippen MR) is 82.0 cm³/mol. The highest BCUT2D eigenvalue weighted by molar-refractivity contribution is 9.10. The number of nitrogens with one attached hydrogen (secondary N) is 1. The van der Waals surface area contributed by atoms with Crippen LogP contribution in [0.3, 0.4) is 0 Å². The molecule has 0 fully saturated rings. The Labute approximate surface area is 125 Å². The number of hydrogen-bond donors (Lipinski definition) is 2. The van der Waals surface area contributed by atoms with Crippen molar-refractivity contribution in [3.8, 4) is 5.75 Å². The van der Waals surface area contributed by atoms with Crippen LogP contribution in [0.25, 0.3) is 0 Å². The quantitative estimate of drug-likeness (QED) is 0.903. The molecular formula is C14H14BrN3O2. The van der Waals surface area contributed by atoms with Crippen LogP contribution >= 0.6 is 15.9 Å². The number of benzene rings is 1. The van der Waals surface area contributed by atoms with E-state index in [-0.39, 0.29) is 5.91 Å². The van der Waals surface area contributed by atoms with Crippen LogP contribution in [0.15, 0.2) is 34.9 Å². The van der Waals surface area contributed by atoms with E-state index in [1.807, 2.05) is 13.0 Å². The van der Waals surface area contributed by atoms with E-state index in [1.165, 1.54) is 6.20 Å². The molecule has 1 aromatic heterocycles. The Bertz CT molecular complexity index is 659. The van der Waals surface area contributed by atoms with Crippen molar-refractivity contribution in [2.45, 2.75) is 6.92 Å². The standard InChI is InChI=1S/C14H14BrN3O2/c1-8-3-4-9(5-12(8)20-2)14(19)18-13-11(15)6-10(16)7-17-13/h3-7H,16H2,1-2H3,(H,17,18,19). The second-order valence-corrected chi connectivity index (χ2v) is 5.09. The monoisotopic (exact) mass is 335 g/mol. The lowest BCUT2D eigenvalue weighted by molar-refractivity contribution is 0.102. The number of nitrogens with zero attached hydrogens (tertiary/aromatic N) is 1. The fourth-order valence-electron chi connectivity index (χ4n) is 1.69. The summed E-state index contributed by atoms with van der Waals surface area (Å²) in [5.74, 6) is 0.826. The van der Waals surface area contributed by atoms with E-state index in [1.54, 1.807) is 25.3 Å². The number of hydrogen-bond acceptors (Lipinski definition) is 4. The Morgan fingerprint density at radius 3 is 2.80 bits per heavy atom. The highest BCUT2D eigenvalue weighted by Crippen LogP contribution is 2.23. The summed E-state index contributed by atoms with van der Waals surface area (Å²) in [6.07, 6.45) is 1.48. The first-order valence-corrected chi connectivity index (χ1v) is 6.67. The first kappa shape index (κ1) is 14.3. The van der Waals surface area contributed by atoms with Crippen LogP contribution in [0, 0.1) is 6.92 Å². The van der Waals surface area contributed by atoms with Gasteiger partial charge in [-0.1, -0.05) is 6.07 Å². The lowest BCUT2D eigenvalue weighted by Crippen LogP contribution is -2.13. The second-order valence-electron chi connectivity index (χ2n) is 4.24. The molecule has 0 aliphatic heterocycles. The summed E-state index contributed by atoms with van der Waals surface area (Å²) in [5, 5.41) is 2.72. The van der Waals surface area contributed by atoms with Gasteiger partial charge in [-0.05, 0) is 46.6 Å². The molecule has 0 bridgehead atoms. The van der Waals surface area contributed by atoms with Gasteiger partial charge in [0.15, 0.2) is 0 Å². The molecule has 0 atom stereocenters. The molecular weight excluding hydrogens is 322 g/mol. The van der Waals surface area contributed by atoms with Crippen molar-refractivity contribution in [3.05, 3.63) is 46.1 Å². The molecule has 0 unspecified atom stereocenters. The minimum absolute atomic E-state index is 0.263. The number of carbonyl (C=O) groups excluding carboxylic acids is 1. The number of anilines is 2. The van der Waals surface area contributed by atoms with Crippen LogP contribution in [-0.4, -0.2) is 18.0 Å². The molecule has 0 saturated heterocycles. The van der Waals surface area contributed by atoms with Crippen LogP contribution < -0.4 is 15.8 Å². The highest BCUT2D eigenvalue weighted by Gasteiger charge is 2.11. The molecule has 2 aromatic rings. The number of methoxy groups -OCH3 is 1. The van der Waals surface area contributed by atoms with Crippen molar-refractivity contribution in [3.63, 3.8) is 0 Å². The predicted octanol–water partition coefficient (Wildman–Crippen LogP) is 3.00. The number of pyridine rings is 1. The smallest absolute Gasteiger partial charge is 0.256 e. The summed E-state index contributed by atoms with van der Waals surface area (Å²) in [6, 6.07) is 6.94. The van der Waals surface area contributed by atoms with E-state index in [0.717, 1.165) is 5.56 Å². The number of nitrogen functional groups attached to an aromatic ring is 1. The molecule has 20 heavy (non-hydrogen) atoms. The molecule has 1 amide bonds. The summed E-state index contributed by atoms with van der Waals surface area (Å²) < 4.78 is 5.83. The number of nitrogens with two attached hydrogens (primary N) is 1. The zero-order valence-corrected chi connectivity index (χ0v) is 12.7. The number of rotatable bonds is 3. The van der Waals surface area contributed by atoms with Gasteiger partial charge in [0.1, 0.15) is 11.6 Å². The van der Waals surface area contributed by atoms with Crippen molar-refractivity contribution in [2.24, 2.45) is 0 Å². The van der Waals surface area contributed by atoms with E-state index >= 15 is 0 Å². The second kappa shape index (κ2) is 5.92. The van der Waals surface area contributed by atoms with E-state index in [4.69, 9.17) is 10.5 Å². The average molecular weight is 336 g/mol. The van der Waals surface area contributed by atoms with E-state index in [2.05, 4.69) is 26.2 Å². The number of ether oxygens (including phenoxy) is 1. The molecule has 0 spiro atoms. The third-order valence-corrected chi connectivity index (χ3v) is 3.37. The molecule has 2 rings (SSSR count). The maximum Gasteiger partial charge on any atom is 0.256 e. The Morgan fingerprint density at radius 1 is 1.40 bits per heavy atom. The van der Waals surface area contributed by atoms with Gasteiger partial charge in [-0.15, -0.1) is 0 Å². The molecule has 1 aromatic carbocycles. The first-order chi connectivity index (χ1) is 9.51. The minimum Gasteiger partial charge on any atom is -0.496 e. The third-order valence-electron chi connectivity index (χ3n) is 2.76. The summed E-state index contributed by atoms with van der Waals surface area (Å²) in [7, 11) is 1.57. The van der Waals surface area contributed by atoms with Gasteiger partial charge < -0.3 is 15.8 Å². The van der Waals surface area contributed by atoms with Crippen LogP contribution in [0.4, 0.5) is 11.5 Å². The molecule has 1 heterocycles. The van der Waals surface area contributed by atoms with Crippen molar-refractivity contribution in [1.82, 2.24) is 4.98 Å². The molecule has 0 saturated carbocycles. The fraction of sp³-hybridized carbons (Fsp3) is 0.143. The molecule has 0 aliphatic carbocycles. The van der Waals surface area contributed by atoms with Crippen LogP contribution in [0.1, 0.15) is 15.9 Å². The maximum atomic E-state index is 12.2. The van der Waals surface area contributed by atoms with E-state index in [9.17, 15) is 4.79 Å². The van der Waals surface area contributed by atoms with Gasteiger partial charge in [0.25, 0.3) is 5.91 Å². The third kappa shape index (κ3) is 3.08. The van der Waals surface area contributed by atoms with Crippen molar-refractivity contribution in [2.75, 3.05) is 18.2 Å². The summed E-state index contributed by atoms with van der Waals surface area (Å²) in [6.45, 7) is 1.92. The largest absolute Gasteiger partial charge is 0.496 e. The van der Waals surface area contributed by atoms with Crippen molar-refractivity contribution in [1.29, 1.82) is 0 Å². The van der Waals surface area contributed by atoms with Gasteiger partial charge in [-0.2, -0.15) is 0 Å². The normalized spacial score (nSPS) is 10.2.